The molecule has 0 saturated carbocycles. The number of hydrogen-bond acceptors (Lipinski definition) is 3. The van der Waals surface area contributed by atoms with E-state index in [4.69, 9.17) is 0 Å². The van der Waals surface area contributed by atoms with Crippen molar-refractivity contribution in [1.82, 2.24) is 20.1 Å². The number of para-hydroxylation sites is 1. The maximum atomic E-state index is 12.8. The average Bonchev–Trinajstić information content (AvgIpc) is 2.95. The van der Waals surface area contributed by atoms with Crippen molar-refractivity contribution in [1.29, 1.82) is 0 Å². The smallest absolute Gasteiger partial charge is 0.271 e. The maximum absolute atomic E-state index is 12.8. The summed E-state index contributed by atoms with van der Waals surface area (Å²) in [6.07, 6.45) is 0. The molecular formula is C19H24N4O3. The molecule has 1 aliphatic rings. The summed E-state index contributed by atoms with van der Waals surface area (Å²) in [4.78, 5) is 38.9. The van der Waals surface area contributed by atoms with Crippen LogP contribution in [0.25, 0.3) is 10.9 Å². The summed E-state index contributed by atoms with van der Waals surface area (Å²) in [5, 5.41) is 6.35. The number of amides is 3. The third kappa shape index (κ3) is 2.94. The molecule has 1 aromatic carbocycles. The van der Waals surface area contributed by atoms with E-state index >= 15 is 0 Å². The van der Waals surface area contributed by atoms with Crippen LogP contribution in [0.15, 0.2) is 30.3 Å². The van der Waals surface area contributed by atoms with Crippen LogP contribution in [0.3, 0.4) is 0 Å². The van der Waals surface area contributed by atoms with E-state index in [0.29, 0.717) is 12.2 Å². The molecule has 3 rings (SSSR count). The molecule has 1 atom stereocenters. The summed E-state index contributed by atoms with van der Waals surface area (Å²) in [5.74, 6) is -0.818. The first kappa shape index (κ1) is 18.0. The van der Waals surface area contributed by atoms with Gasteiger partial charge in [0.05, 0.1) is 13.1 Å². The van der Waals surface area contributed by atoms with Gasteiger partial charge >= 0.3 is 0 Å². The Morgan fingerprint density at radius 1 is 1.27 bits per heavy atom. The van der Waals surface area contributed by atoms with E-state index in [2.05, 4.69) is 10.6 Å². The van der Waals surface area contributed by atoms with Crippen molar-refractivity contribution in [3.05, 3.63) is 36.0 Å². The number of nitrogens with zero attached hydrogens (tertiary/aromatic N) is 2. The third-order valence-corrected chi connectivity index (χ3v) is 4.89. The van der Waals surface area contributed by atoms with Crippen molar-refractivity contribution in [3.8, 4) is 0 Å². The number of carbonyl (C=O) groups is 3. The zero-order chi connectivity index (χ0) is 19.1. The van der Waals surface area contributed by atoms with Gasteiger partial charge in [0.15, 0.2) is 0 Å². The number of benzene rings is 1. The quantitative estimate of drug-likeness (QED) is 0.861. The van der Waals surface area contributed by atoms with Crippen LogP contribution in [-0.2, 0) is 16.1 Å². The zero-order valence-electron chi connectivity index (χ0n) is 15.5. The highest BCUT2D eigenvalue weighted by atomic mass is 16.2. The lowest BCUT2D eigenvalue weighted by Crippen LogP contribution is -2.63. The number of nitrogens with one attached hydrogen (secondary N) is 2. The van der Waals surface area contributed by atoms with Gasteiger partial charge in [-0.05, 0) is 32.9 Å². The second-order valence-electron chi connectivity index (χ2n) is 7.22. The summed E-state index contributed by atoms with van der Waals surface area (Å²) in [6, 6.07) is 9.56. The van der Waals surface area contributed by atoms with E-state index in [-0.39, 0.29) is 30.3 Å². The predicted molar refractivity (Wildman–Crippen MR) is 98.7 cm³/mol. The fraction of sp³-hybridized carbons (Fsp3) is 0.421. The fourth-order valence-corrected chi connectivity index (χ4v) is 3.32. The molecule has 0 bridgehead atoms. The molecule has 0 spiro atoms. The van der Waals surface area contributed by atoms with Crippen molar-refractivity contribution < 1.29 is 14.4 Å². The van der Waals surface area contributed by atoms with Gasteiger partial charge in [-0.1, -0.05) is 18.2 Å². The average molecular weight is 356 g/mol. The molecule has 2 aromatic rings. The van der Waals surface area contributed by atoms with Gasteiger partial charge in [-0.25, -0.2) is 0 Å². The Hall–Kier alpha value is -2.83. The molecule has 26 heavy (non-hydrogen) atoms. The molecule has 0 unspecified atom stereocenters. The molecule has 0 saturated heterocycles. The summed E-state index contributed by atoms with van der Waals surface area (Å²) in [7, 11) is 1.62. The molecule has 7 nitrogen and oxygen atoms in total. The normalized spacial score (nSPS) is 19.6. The number of likely N-dealkylation sites (N-methyl/N-ethyl adjacent to an activating group) is 1. The van der Waals surface area contributed by atoms with Crippen LogP contribution in [0.1, 0.15) is 31.3 Å². The predicted octanol–water partition coefficient (Wildman–Crippen LogP) is 1.13. The second-order valence-corrected chi connectivity index (χ2v) is 7.22. The fourth-order valence-electron chi connectivity index (χ4n) is 3.32. The van der Waals surface area contributed by atoms with E-state index in [9.17, 15) is 14.4 Å². The van der Waals surface area contributed by atoms with E-state index in [1.165, 1.54) is 4.90 Å². The molecule has 138 valence electrons. The largest absolute Gasteiger partial charge is 0.352 e. The van der Waals surface area contributed by atoms with Crippen LogP contribution in [0, 0.1) is 0 Å². The van der Waals surface area contributed by atoms with E-state index < -0.39 is 5.54 Å². The minimum absolute atomic E-state index is 0.00252. The van der Waals surface area contributed by atoms with Gasteiger partial charge in [0.2, 0.25) is 11.8 Å². The standard InChI is InChI=1S/C19H24N4O3/c1-12(2)21-16(24)10-20-18(26)19(3)11-23-14-8-6-5-7-13(14)9-15(23)17(25)22(19)4/h5-9,12H,10-11H2,1-4H3,(H,20,26)(H,21,24)/t19-/m0/s1. The van der Waals surface area contributed by atoms with Gasteiger partial charge in [-0.15, -0.1) is 0 Å². The topological polar surface area (TPSA) is 83.4 Å². The van der Waals surface area contributed by atoms with E-state index in [1.54, 1.807) is 14.0 Å². The van der Waals surface area contributed by atoms with Gasteiger partial charge in [-0.3, -0.25) is 14.4 Å². The second kappa shape index (κ2) is 6.48. The molecule has 3 amide bonds. The monoisotopic (exact) mass is 356 g/mol. The SMILES string of the molecule is CC(C)NC(=O)CNC(=O)[C@]1(C)Cn2c(cc3ccccc32)C(=O)N1C. The Morgan fingerprint density at radius 3 is 2.65 bits per heavy atom. The van der Waals surface area contributed by atoms with E-state index in [1.807, 2.05) is 48.7 Å². The Labute approximate surface area is 152 Å². The minimum Gasteiger partial charge on any atom is -0.352 e. The maximum Gasteiger partial charge on any atom is 0.271 e. The first-order chi connectivity index (χ1) is 12.2. The lowest BCUT2D eigenvalue weighted by Gasteiger charge is -2.41. The number of carbonyl (C=O) groups excluding carboxylic acids is 3. The number of aromatic nitrogens is 1. The Bertz CT molecular complexity index is 886. The summed E-state index contributed by atoms with van der Waals surface area (Å²) in [6.45, 7) is 5.64. The van der Waals surface area contributed by atoms with Crippen molar-refractivity contribution in [2.24, 2.45) is 0 Å². The van der Waals surface area contributed by atoms with E-state index in [0.717, 1.165) is 10.9 Å². The van der Waals surface area contributed by atoms with Crippen LogP contribution in [0.2, 0.25) is 0 Å². The lowest BCUT2D eigenvalue weighted by molar-refractivity contribution is -0.134. The van der Waals surface area contributed by atoms with Crippen LogP contribution < -0.4 is 10.6 Å². The molecule has 2 heterocycles. The summed E-state index contributed by atoms with van der Waals surface area (Å²) < 4.78 is 1.88. The van der Waals surface area contributed by atoms with Crippen molar-refractivity contribution in [3.63, 3.8) is 0 Å². The summed E-state index contributed by atoms with van der Waals surface area (Å²) in [5.41, 5.74) is 0.404. The van der Waals surface area contributed by atoms with Crippen LogP contribution in [0.5, 0.6) is 0 Å². The molecule has 2 N–H and O–H groups in total. The number of rotatable bonds is 4. The molecule has 0 aliphatic carbocycles. The van der Waals surface area contributed by atoms with Gasteiger partial charge in [0.25, 0.3) is 5.91 Å². The molecule has 7 heteroatoms. The van der Waals surface area contributed by atoms with Gasteiger partial charge in [-0.2, -0.15) is 0 Å². The van der Waals surface area contributed by atoms with Crippen molar-refractivity contribution >= 4 is 28.6 Å². The Balaban J connectivity index is 1.86. The minimum atomic E-state index is -1.08. The van der Waals surface area contributed by atoms with Crippen molar-refractivity contribution in [2.75, 3.05) is 13.6 Å². The van der Waals surface area contributed by atoms with Gasteiger partial charge < -0.3 is 20.1 Å². The highest BCUT2D eigenvalue weighted by Gasteiger charge is 2.45. The molecule has 1 aromatic heterocycles. The Morgan fingerprint density at radius 2 is 1.96 bits per heavy atom. The van der Waals surface area contributed by atoms with Crippen LogP contribution >= 0.6 is 0 Å². The molecule has 0 radical (unpaired) electrons. The number of hydrogen-bond donors (Lipinski definition) is 2. The number of fused-ring (bicyclic) bond motifs is 3. The Kier molecular flexibility index (Phi) is 4.48. The highest BCUT2D eigenvalue weighted by Crippen LogP contribution is 2.31. The lowest BCUT2D eigenvalue weighted by atomic mass is 9.95. The van der Waals surface area contributed by atoms with Crippen molar-refractivity contribution in [2.45, 2.75) is 38.9 Å². The third-order valence-electron chi connectivity index (χ3n) is 4.89. The molecular weight excluding hydrogens is 332 g/mol. The summed E-state index contributed by atoms with van der Waals surface area (Å²) >= 11 is 0. The highest BCUT2D eigenvalue weighted by molar-refractivity contribution is 6.03. The first-order valence-electron chi connectivity index (χ1n) is 8.68. The van der Waals surface area contributed by atoms with Gasteiger partial charge in [0.1, 0.15) is 11.2 Å². The van der Waals surface area contributed by atoms with Crippen LogP contribution in [-0.4, -0.2) is 52.4 Å². The molecule has 0 fully saturated rings. The van der Waals surface area contributed by atoms with Gasteiger partial charge in [0, 0.05) is 24.0 Å². The van der Waals surface area contributed by atoms with Crippen LogP contribution in [0.4, 0.5) is 0 Å². The zero-order valence-corrected chi connectivity index (χ0v) is 15.5. The first-order valence-corrected chi connectivity index (χ1v) is 8.68. The molecule has 1 aliphatic heterocycles.